The van der Waals surface area contributed by atoms with Gasteiger partial charge in [0.15, 0.2) is 0 Å². The number of aliphatic hydroxyl groups is 1. The lowest BCUT2D eigenvalue weighted by Gasteiger charge is -2.19. The summed E-state index contributed by atoms with van der Waals surface area (Å²) in [7, 11) is -0.185. The molecule has 40 heavy (non-hydrogen) atoms. The molecule has 2 atom stereocenters. The molecule has 2 unspecified atom stereocenters. The number of nitrogen functional groups attached to an aromatic ring is 1. The molecular formula is C28H54N3O6PS2. The SMILES string of the molecule is CCCCCCCCCCCCCCCCSSCCCCOP(=O)(O)COC(CO)Cn1ccc(N)nc1=O. The van der Waals surface area contributed by atoms with E-state index in [0.717, 1.165) is 12.2 Å². The maximum Gasteiger partial charge on any atom is 0.353 e. The van der Waals surface area contributed by atoms with Crippen LogP contribution in [0.15, 0.2) is 17.1 Å². The molecule has 0 saturated carbocycles. The molecule has 0 fully saturated rings. The molecule has 4 N–H and O–H groups in total. The number of nitrogens with zero attached hydrogens (tertiary/aromatic N) is 2. The van der Waals surface area contributed by atoms with Gasteiger partial charge in [0.1, 0.15) is 12.2 Å². The Bertz CT molecular complexity index is 849. The predicted molar refractivity (Wildman–Crippen MR) is 170 cm³/mol. The Hall–Kier alpha value is -0.550. The summed E-state index contributed by atoms with van der Waals surface area (Å²) >= 11 is 0. The van der Waals surface area contributed by atoms with E-state index in [1.165, 1.54) is 112 Å². The zero-order valence-corrected chi connectivity index (χ0v) is 27.1. The van der Waals surface area contributed by atoms with Crippen LogP contribution in [0.4, 0.5) is 5.82 Å². The van der Waals surface area contributed by atoms with Gasteiger partial charge in [-0.1, -0.05) is 112 Å². The van der Waals surface area contributed by atoms with Crippen molar-refractivity contribution in [2.24, 2.45) is 0 Å². The molecule has 0 aliphatic rings. The van der Waals surface area contributed by atoms with Crippen LogP contribution >= 0.6 is 29.2 Å². The van der Waals surface area contributed by atoms with E-state index in [2.05, 4.69) is 11.9 Å². The minimum absolute atomic E-state index is 0.0170. The quantitative estimate of drug-likeness (QED) is 0.0508. The number of hydrogen-bond donors (Lipinski definition) is 3. The van der Waals surface area contributed by atoms with Gasteiger partial charge in [0, 0.05) is 17.7 Å². The van der Waals surface area contributed by atoms with Gasteiger partial charge in [-0.15, -0.1) is 0 Å². The second kappa shape index (κ2) is 25.0. The van der Waals surface area contributed by atoms with Gasteiger partial charge in [0.25, 0.3) is 0 Å². The number of aromatic nitrogens is 2. The van der Waals surface area contributed by atoms with Gasteiger partial charge in [-0.05, 0) is 25.3 Å². The lowest BCUT2D eigenvalue weighted by atomic mass is 10.0. The molecule has 12 heteroatoms. The number of anilines is 1. The fraction of sp³-hybridized carbons (Fsp3) is 0.857. The Labute approximate surface area is 249 Å². The Kier molecular flexibility index (Phi) is 23.4. The van der Waals surface area contributed by atoms with Crippen LogP contribution in [0.1, 0.15) is 110 Å². The molecule has 234 valence electrons. The summed E-state index contributed by atoms with van der Waals surface area (Å²) in [5, 5.41) is 9.48. The fourth-order valence-corrected chi connectivity index (χ4v) is 7.33. The smallest absolute Gasteiger partial charge is 0.353 e. The molecule has 0 bridgehead atoms. The Morgan fingerprint density at radius 1 is 0.925 bits per heavy atom. The van der Waals surface area contributed by atoms with Gasteiger partial charge in [-0.25, -0.2) is 4.79 Å². The van der Waals surface area contributed by atoms with Crippen LogP contribution in [0, 0.1) is 0 Å². The van der Waals surface area contributed by atoms with Crippen LogP contribution < -0.4 is 11.4 Å². The molecule has 0 aliphatic heterocycles. The lowest BCUT2D eigenvalue weighted by molar-refractivity contribution is 0.0167. The Morgan fingerprint density at radius 2 is 1.45 bits per heavy atom. The lowest BCUT2D eigenvalue weighted by Crippen LogP contribution is -2.32. The Balaban J connectivity index is 1.91. The molecule has 1 heterocycles. The predicted octanol–water partition coefficient (Wildman–Crippen LogP) is 7.01. The summed E-state index contributed by atoms with van der Waals surface area (Å²) < 4.78 is 23.9. The third-order valence-corrected chi connectivity index (χ3v) is 10.2. The molecule has 0 aromatic carbocycles. The van der Waals surface area contributed by atoms with E-state index in [1.807, 2.05) is 21.6 Å². The van der Waals surface area contributed by atoms with Gasteiger partial charge >= 0.3 is 13.3 Å². The molecule has 9 nitrogen and oxygen atoms in total. The van der Waals surface area contributed by atoms with Gasteiger partial charge < -0.3 is 25.0 Å². The maximum atomic E-state index is 12.2. The number of aliphatic hydroxyl groups excluding tert-OH is 1. The first kappa shape index (κ1) is 37.5. The van der Waals surface area contributed by atoms with Crippen molar-refractivity contribution in [3.63, 3.8) is 0 Å². The van der Waals surface area contributed by atoms with Gasteiger partial charge in [-0.3, -0.25) is 9.13 Å². The highest BCUT2D eigenvalue weighted by Gasteiger charge is 2.22. The molecule has 0 saturated heterocycles. The standard InChI is InChI=1S/C28H54N3O6PS2/c1-2-3-4-5-6-7-8-9-10-11-12-13-14-16-21-39-40-22-17-15-20-37-38(34,35)25-36-26(24-32)23-31-19-18-27(29)30-28(31)33/h18-19,26,32H,2-17,20-25H2,1H3,(H,34,35)(H2,29,30,33). The highest BCUT2D eigenvalue weighted by atomic mass is 33.1. The minimum Gasteiger partial charge on any atom is -0.394 e. The normalized spacial score (nSPS) is 13.9. The zero-order valence-electron chi connectivity index (χ0n) is 24.6. The van der Waals surface area contributed by atoms with Crippen molar-refractivity contribution in [1.29, 1.82) is 0 Å². The summed E-state index contributed by atoms with van der Waals surface area (Å²) in [6, 6.07) is 1.45. The summed E-state index contributed by atoms with van der Waals surface area (Å²) in [4.78, 5) is 25.4. The van der Waals surface area contributed by atoms with Crippen LogP contribution in [-0.4, -0.2) is 56.7 Å². The van der Waals surface area contributed by atoms with Crippen LogP contribution in [-0.2, 0) is 20.4 Å². The summed E-state index contributed by atoms with van der Waals surface area (Å²) in [6.07, 6.45) is 21.0. The average Bonchev–Trinajstić information content (AvgIpc) is 2.93. The van der Waals surface area contributed by atoms with E-state index >= 15 is 0 Å². The molecule has 0 spiro atoms. The average molecular weight is 624 g/mol. The largest absolute Gasteiger partial charge is 0.394 e. The van der Waals surface area contributed by atoms with Gasteiger partial charge in [0.05, 0.1) is 25.9 Å². The van der Waals surface area contributed by atoms with Crippen LogP contribution in [0.25, 0.3) is 0 Å². The fourth-order valence-electron chi connectivity index (χ4n) is 4.14. The van der Waals surface area contributed by atoms with Crippen molar-refractivity contribution >= 4 is 35.0 Å². The summed E-state index contributed by atoms with van der Waals surface area (Å²) in [5.41, 5.74) is 4.88. The van der Waals surface area contributed by atoms with Crippen molar-refractivity contribution in [3.8, 4) is 0 Å². The van der Waals surface area contributed by atoms with E-state index < -0.39 is 32.3 Å². The highest BCUT2D eigenvalue weighted by molar-refractivity contribution is 8.76. The van der Waals surface area contributed by atoms with E-state index in [0.29, 0.717) is 6.42 Å². The number of unbranched alkanes of at least 4 members (excludes halogenated alkanes) is 14. The van der Waals surface area contributed by atoms with Crippen molar-refractivity contribution in [2.45, 2.75) is 122 Å². The van der Waals surface area contributed by atoms with Gasteiger partial charge in [-0.2, -0.15) is 4.98 Å². The molecule has 0 aliphatic carbocycles. The Morgan fingerprint density at radius 3 is 1.98 bits per heavy atom. The third-order valence-electron chi connectivity index (χ3n) is 6.55. The molecule has 0 amide bonds. The van der Waals surface area contributed by atoms with Crippen molar-refractivity contribution < 1.29 is 23.8 Å². The van der Waals surface area contributed by atoms with E-state index in [9.17, 15) is 19.4 Å². The topological polar surface area (TPSA) is 137 Å². The number of rotatable bonds is 28. The molecule has 1 aromatic heterocycles. The second-order valence-electron chi connectivity index (χ2n) is 10.3. The first-order valence-electron chi connectivity index (χ1n) is 15.1. The number of hydrogen-bond acceptors (Lipinski definition) is 9. The van der Waals surface area contributed by atoms with Crippen LogP contribution in [0.3, 0.4) is 0 Å². The van der Waals surface area contributed by atoms with E-state index in [-0.39, 0.29) is 19.0 Å². The number of ether oxygens (including phenoxy) is 1. The molecule has 1 rings (SSSR count). The van der Waals surface area contributed by atoms with E-state index in [4.69, 9.17) is 15.0 Å². The van der Waals surface area contributed by atoms with Gasteiger partial charge in [0.2, 0.25) is 0 Å². The minimum atomic E-state index is -3.95. The first-order valence-corrected chi connectivity index (χ1v) is 19.4. The van der Waals surface area contributed by atoms with Crippen LogP contribution in [0.5, 0.6) is 0 Å². The molecule has 0 radical (unpaired) electrons. The molecule has 1 aromatic rings. The van der Waals surface area contributed by atoms with E-state index in [1.54, 1.807) is 0 Å². The molecular weight excluding hydrogens is 569 g/mol. The third kappa shape index (κ3) is 21.2. The summed E-state index contributed by atoms with van der Waals surface area (Å²) in [5.74, 6) is 2.25. The van der Waals surface area contributed by atoms with Crippen molar-refractivity contribution in [3.05, 3.63) is 22.7 Å². The number of nitrogens with two attached hydrogens (primary N) is 1. The highest BCUT2D eigenvalue weighted by Crippen LogP contribution is 2.42. The van der Waals surface area contributed by atoms with Crippen molar-refractivity contribution in [2.75, 3.05) is 36.8 Å². The zero-order chi connectivity index (χ0) is 29.3. The maximum absolute atomic E-state index is 12.2. The first-order chi connectivity index (χ1) is 19.4. The van der Waals surface area contributed by atoms with Crippen LogP contribution in [0.2, 0.25) is 0 Å². The second-order valence-corrected chi connectivity index (χ2v) is 14.8. The monoisotopic (exact) mass is 623 g/mol. The van der Waals surface area contributed by atoms with Crippen molar-refractivity contribution in [1.82, 2.24) is 9.55 Å². The summed E-state index contributed by atoms with van der Waals surface area (Å²) in [6.45, 7) is 2.00.